The van der Waals surface area contributed by atoms with E-state index < -0.39 is 7.14 Å². The Morgan fingerprint density at radius 3 is 1.19 bits per heavy atom. The Morgan fingerprint density at radius 1 is 0.259 bits per heavy atom. The van der Waals surface area contributed by atoms with Crippen molar-refractivity contribution in [2.24, 2.45) is 0 Å². The molecule has 0 spiro atoms. The van der Waals surface area contributed by atoms with E-state index in [-0.39, 0.29) is 0 Å². The van der Waals surface area contributed by atoms with Crippen LogP contribution in [0.4, 0.5) is 0 Å². The van der Waals surface area contributed by atoms with Crippen molar-refractivity contribution in [3.8, 4) is 56.4 Å². The summed E-state index contributed by atoms with van der Waals surface area (Å²) in [7, 11) is -3.27. The van der Waals surface area contributed by atoms with E-state index in [0.29, 0.717) is 17.5 Å². The van der Waals surface area contributed by atoms with Crippen LogP contribution in [0, 0.1) is 0 Å². The van der Waals surface area contributed by atoms with Gasteiger partial charge in [-0.3, -0.25) is 0 Å². The van der Waals surface area contributed by atoms with Crippen LogP contribution in [0.15, 0.2) is 218 Å². The molecule has 0 unspecified atom stereocenters. The van der Waals surface area contributed by atoms with Gasteiger partial charge in [0, 0.05) is 32.6 Å². The smallest absolute Gasteiger partial charge is 0.171 e. The number of hydrogen-bond donors (Lipinski definition) is 0. The van der Waals surface area contributed by atoms with Crippen LogP contribution >= 0.6 is 7.14 Å². The summed E-state index contributed by atoms with van der Waals surface area (Å²) in [5.74, 6) is 1.81. The van der Waals surface area contributed by atoms with Crippen LogP contribution < -0.4 is 15.9 Å². The molecule has 0 N–H and O–H groups in total. The summed E-state index contributed by atoms with van der Waals surface area (Å²) < 4.78 is 15.8. The molecule has 0 fully saturated rings. The maximum absolute atomic E-state index is 15.8. The number of benzene rings is 9. The number of rotatable bonds is 8. The third kappa shape index (κ3) is 6.70. The minimum Gasteiger partial charge on any atom is -0.309 e. The molecule has 0 aliphatic rings. The summed E-state index contributed by atoms with van der Waals surface area (Å²) in [5.41, 5.74) is 7.00. The lowest BCUT2D eigenvalue weighted by Gasteiger charge is -2.21. The molecular weight excluding hydrogens is 726 g/mol. The summed E-state index contributed by atoms with van der Waals surface area (Å²) in [4.78, 5) is 15.0. The normalized spacial score (nSPS) is 11.5. The third-order valence-electron chi connectivity index (χ3n) is 10.8. The predicted octanol–water partition coefficient (Wildman–Crippen LogP) is 12.2. The fourth-order valence-corrected chi connectivity index (χ4v) is 10.4. The van der Waals surface area contributed by atoms with Crippen LogP contribution in [0.5, 0.6) is 0 Å². The minimum absolute atomic E-state index is 0.589. The van der Waals surface area contributed by atoms with Crippen molar-refractivity contribution < 1.29 is 4.57 Å². The standard InChI is InChI=1S/C53H36N3OP/c57-58(49-32-28-38-14-7-9-18-45(38)35-49,50-33-29-39-15-8-10-19-46(39)36-50)48-30-26-41(27-31-48)44-20-11-21-47(34-44)53-55-51(42-16-5-2-6-17-42)54-52(56-53)43-24-22-40(23-25-43)37-12-3-1-4-13-37/h1-36H. The van der Waals surface area contributed by atoms with Gasteiger partial charge in [-0.1, -0.05) is 200 Å². The molecular formula is C53H36N3OP. The molecule has 5 heteroatoms. The molecule has 274 valence electrons. The van der Waals surface area contributed by atoms with E-state index in [1.165, 1.54) is 0 Å². The molecule has 0 atom stereocenters. The molecule has 58 heavy (non-hydrogen) atoms. The average molecular weight is 762 g/mol. The maximum atomic E-state index is 15.8. The zero-order valence-corrected chi connectivity index (χ0v) is 32.4. The SMILES string of the molecule is O=P(c1ccc(-c2cccc(-c3nc(-c4ccccc4)nc(-c4ccc(-c5ccccc5)cc4)n3)c2)cc1)(c1ccc2ccccc2c1)c1ccc2ccccc2c1. The highest BCUT2D eigenvalue weighted by atomic mass is 31.2. The fourth-order valence-electron chi connectivity index (χ4n) is 7.69. The Morgan fingerprint density at radius 2 is 0.621 bits per heavy atom. The topological polar surface area (TPSA) is 55.7 Å². The van der Waals surface area contributed by atoms with Gasteiger partial charge in [-0.15, -0.1) is 0 Å². The Hall–Kier alpha value is -7.26. The minimum atomic E-state index is -3.27. The van der Waals surface area contributed by atoms with E-state index in [9.17, 15) is 0 Å². The van der Waals surface area contributed by atoms with Crippen LogP contribution in [0.3, 0.4) is 0 Å². The van der Waals surface area contributed by atoms with Gasteiger partial charge in [0.15, 0.2) is 24.6 Å². The lowest BCUT2D eigenvalue weighted by molar-refractivity contribution is 0.592. The third-order valence-corrected chi connectivity index (χ3v) is 13.8. The van der Waals surface area contributed by atoms with E-state index in [1.807, 2.05) is 109 Å². The number of nitrogens with zero attached hydrogens (tertiary/aromatic N) is 3. The average Bonchev–Trinajstić information content (AvgIpc) is 3.31. The monoisotopic (exact) mass is 761 g/mol. The summed E-state index contributed by atoms with van der Waals surface area (Å²) in [6.07, 6.45) is 0. The lowest BCUT2D eigenvalue weighted by atomic mass is 10.0. The van der Waals surface area contributed by atoms with Crippen molar-refractivity contribution in [3.05, 3.63) is 218 Å². The molecule has 0 saturated carbocycles. The van der Waals surface area contributed by atoms with Crippen LogP contribution in [-0.2, 0) is 4.57 Å². The predicted molar refractivity (Wildman–Crippen MR) is 241 cm³/mol. The molecule has 1 heterocycles. The van der Waals surface area contributed by atoms with Crippen molar-refractivity contribution in [1.82, 2.24) is 15.0 Å². The first-order valence-corrected chi connectivity index (χ1v) is 21.1. The van der Waals surface area contributed by atoms with Crippen molar-refractivity contribution in [2.75, 3.05) is 0 Å². The molecule has 0 bridgehead atoms. The van der Waals surface area contributed by atoms with E-state index in [4.69, 9.17) is 15.0 Å². The van der Waals surface area contributed by atoms with Crippen molar-refractivity contribution in [1.29, 1.82) is 0 Å². The van der Waals surface area contributed by atoms with Crippen molar-refractivity contribution in [2.45, 2.75) is 0 Å². The molecule has 0 saturated heterocycles. The first-order chi connectivity index (χ1) is 28.6. The summed E-state index contributed by atoms with van der Waals surface area (Å²) in [6, 6.07) is 74.1. The van der Waals surface area contributed by atoms with Gasteiger partial charge in [-0.2, -0.15) is 0 Å². The summed E-state index contributed by atoms with van der Waals surface area (Å²) in [5, 5.41) is 6.77. The quantitative estimate of drug-likeness (QED) is 0.145. The molecule has 0 aliphatic carbocycles. The molecule has 10 aromatic rings. The highest BCUT2D eigenvalue weighted by Crippen LogP contribution is 2.44. The zero-order valence-electron chi connectivity index (χ0n) is 31.5. The maximum Gasteiger partial charge on any atom is 0.171 e. The van der Waals surface area contributed by atoms with E-state index in [1.54, 1.807) is 0 Å². The van der Waals surface area contributed by atoms with Gasteiger partial charge in [-0.25, -0.2) is 15.0 Å². The van der Waals surface area contributed by atoms with Crippen LogP contribution in [0.1, 0.15) is 0 Å². The van der Waals surface area contributed by atoms with Crippen LogP contribution in [0.2, 0.25) is 0 Å². The van der Waals surface area contributed by atoms with Gasteiger partial charge in [0.2, 0.25) is 0 Å². The number of hydrogen-bond acceptors (Lipinski definition) is 4. The summed E-state index contributed by atoms with van der Waals surface area (Å²) in [6.45, 7) is 0. The van der Waals surface area contributed by atoms with Crippen LogP contribution in [-0.4, -0.2) is 15.0 Å². The first kappa shape index (κ1) is 35.2. The van der Waals surface area contributed by atoms with E-state index >= 15 is 4.57 Å². The van der Waals surface area contributed by atoms with Gasteiger partial charge in [0.25, 0.3) is 0 Å². The molecule has 0 radical (unpaired) electrons. The highest BCUT2D eigenvalue weighted by Gasteiger charge is 2.30. The zero-order chi connectivity index (χ0) is 38.9. The Labute approximate surface area is 337 Å². The Kier molecular flexibility index (Phi) is 9.10. The van der Waals surface area contributed by atoms with Gasteiger partial charge in [0.1, 0.15) is 0 Å². The van der Waals surface area contributed by atoms with Gasteiger partial charge in [0.05, 0.1) is 0 Å². The van der Waals surface area contributed by atoms with Crippen molar-refractivity contribution in [3.63, 3.8) is 0 Å². The Bertz CT molecular complexity index is 3050. The first-order valence-electron chi connectivity index (χ1n) is 19.4. The largest absolute Gasteiger partial charge is 0.309 e. The van der Waals surface area contributed by atoms with E-state index in [0.717, 1.165) is 76.4 Å². The molecule has 0 aliphatic heterocycles. The lowest BCUT2D eigenvalue weighted by Crippen LogP contribution is -2.25. The highest BCUT2D eigenvalue weighted by molar-refractivity contribution is 7.85. The number of aromatic nitrogens is 3. The summed E-state index contributed by atoms with van der Waals surface area (Å²) >= 11 is 0. The van der Waals surface area contributed by atoms with Gasteiger partial charge < -0.3 is 4.57 Å². The van der Waals surface area contributed by atoms with Gasteiger partial charge >= 0.3 is 0 Å². The molecule has 9 aromatic carbocycles. The second-order valence-electron chi connectivity index (χ2n) is 14.4. The fraction of sp³-hybridized carbons (Fsp3) is 0. The second kappa shape index (κ2) is 15.0. The van der Waals surface area contributed by atoms with E-state index in [2.05, 4.69) is 109 Å². The molecule has 0 amide bonds. The molecule has 10 rings (SSSR count). The second-order valence-corrected chi connectivity index (χ2v) is 17.2. The molecule has 1 aromatic heterocycles. The number of fused-ring (bicyclic) bond motifs is 2. The molecule has 4 nitrogen and oxygen atoms in total. The van der Waals surface area contributed by atoms with Crippen LogP contribution in [0.25, 0.3) is 78.0 Å². The Balaban J connectivity index is 1.03. The van der Waals surface area contributed by atoms with Gasteiger partial charge in [-0.05, 0) is 62.0 Å². The van der Waals surface area contributed by atoms with Crippen molar-refractivity contribution >= 4 is 44.6 Å².